The van der Waals surface area contributed by atoms with E-state index in [9.17, 15) is 4.79 Å². The molecule has 0 unspecified atom stereocenters. The largest absolute Gasteiger partial charge is 0.385 e. The first-order chi connectivity index (χ1) is 17.2. The molecule has 6 heteroatoms. The van der Waals surface area contributed by atoms with Crippen molar-refractivity contribution in [2.75, 3.05) is 31.5 Å². The number of para-hydroxylation sites is 1. The van der Waals surface area contributed by atoms with E-state index in [0.717, 1.165) is 59.2 Å². The molecule has 1 amide bonds. The summed E-state index contributed by atoms with van der Waals surface area (Å²) in [5, 5.41) is 4.58. The predicted molar refractivity (Wildman–Crippen MR) is 145 cm³/mol. The first kappa shape index (κ1) is 23.5. The maximum atomic E-state index is 13.8. The third-order valence-electron chi connectivity index (χ3n) is 6.45. The Balaban J connectivity index is 1.44. The topological polar surface area (TPSA) is 48.5 Å². The molecule has 0 bridgehead atoms. The van der Waals surface area contributed by atoms with Crippen molar-refractivity contribution in [1.82, 2.24) is 14.8 Å². The molecule has 0 saturated carbocycles. The number of nitrogens with zero attached hydrogens (tertiary/aromatic N) is 3. The number of aromatic nitrogens is 1. The predicted octanol–water partition coefficient (Wildman–Crippen LogP) is 5.96. The summed E-state index contributed by atoms with van der Waals surface area (Å²) in [6, 6.07) is 26.7. The third kappa shape index (κ3) is 5.89. The van der Waals surface area contributed by atoms with Crippen LogP contribution in [-0.4, -0.2) is 46.9 Å². The summed E-state index contributed by atoms with van der Waals surface area (Å²) >= 11 is 3.61. The quantitative estimate of drug-likeness (QED) is 0.356. The molecule has 0 fully saturated rings. The lowest BCUT2D eigenvalue weighted by Gasteiger charge is -2.28. The zero-order valence-electron chi connectivity index (χ0n) is 19.7. The lowest BCUT2D eigenvalue weighted by Crippen LogP contribution is -2.38. The number of halogens is 1. The van der Waals surface area contributed by atoms with Gasteiger partial charge in [0.1, 0.15) is 0 Å². The minimum Gasteiger partial charge on any atom is -0.385 e. The van der Waals surface area contributed by atoms with Gasteiger partial charge in [-0.05, 0) is 47.9 Å². The van der Waals surface area contributed by atoms with Crippen LogP contribution in [0.3, 0.4) is 0 Å². The summed E-state index contributed by atoms with van der Waals surface area (Å²) in [5.41, 5.74) is 5.00. The van der Waals surface area contributed by atoms with E-state index in [1.165, 1.54) is 5.56 Å². The van der Waals surface area contributed by atoms with Crippen LogP contribution in [0.2, 0.25) is 0 Å². The van der Waals surface area contributed by atoms with E-state index in [2.05, 4.69) is 67.5 Å². The lowest BCUT2D eigenvalue weighted by atomic mass is 10.1. The van der Waals surface area contributed by atoms with Crippen LogP contribution in [0.5, 0.6) is 0 Å². The maximum Gasteiger partial charge on any atom is 0.255 e. The summed E-state index contributed by atoms with van der Waals surface area (Å²) in [6.45, 7) is 4.72. The minimum atomic E-state index is 0.00749. The molecule has 2 heterocycles. The van der Waals surface area contributed by atoms with E-state index in [0.29, 0.717) is 18.7 Å². The first-order valence-electron chi connectivity index (χ1n) is 12.1. The molecule has 1 aliphatic rings. The molecule has 35 heavy (non-hydrogen) atoms. The van der Waals surface area contributed by atoms with Crippen LogP contribution in [0, 0.1) is 0 Å². The average molecular weight is 529 g/mol. The molecule has 4 aromatic rings. The van der Waals surface area contributed by atoms with Crippen LogP contribution in [0.1, 0.15) is 27.9 Å². The molecule has 5 rings (SSSR count). The van der Waals surface area contributed by atoms with Crippen LogP contribution in [0.4, 0.5) is 5.69 Å². The molecule has 1 N–H and O–H groups in total. The van der Waals surface area contributed by atoms with Gasteiger partial charge in [-0.15, -0.1) is 0 Å². The van der Waals surface area contributed by atoms with Gasteiger partial charge in [-0.1, -0.05) is 64.5 Å². The fraction of sp³-hybridized carbons (Fsp3) is 0.241. The number of carbonyl (C=O) groups is 1. The van der Waals surface area contributed by atoms with Crippen LogP contribution >= 0.6 is 15.9 Å². The van der Waals surface area contributed by atoms with Gasteiger partial charge in [0.25, 0.3) is 5.91 Å². The van der Waals surface area contributed by atoms with E-state index in [-0.39, 0.29) is 5.91 Å². The monoisotopic (exact) mass is 528 g/mol. The van der Waals surface area contributed by atoms with Crippen molar-refractivity contribution >= 4 is 38.4 Å². The van der Waals surface area contributed by atoms with E-state index >= 15 is 0 Å². The Bertz CT molecular complexity index is 1310. The summed E-state index contributed by atoms with van der Waals surface area (Å²) in [5.74, 6) is 0.00749. The van der Waals surface area contributed by atoms with Gasteiger partial charge in [0.05, 0.1) is 11.1 Å². The van der Waals surface area contributed by atoms with Crippen molar-refractivity contribution in [3.8, 4) is 0 Å². The second-order valence-corrected chi connectivity index (χ2v) is 9.90. The van der Waals surface area contributed by atoms with Crippen molar-refractivity contribution in [1.29, 1.82) is 0 Å². The molecule has 0 saturated heterocycles. The molecule has 3 aromatic carbocycles. The molecule has 5 nitrogen and oxygen atoms in total. The van der Waals surface area contributed by atoms with Gasteiger partial charge in [0, 0.05) is 61.0 Å². The van der Waals surface area contributed by atoms with Gasteiger partial charge in [-0.25, -0.2) is 0 Å². The fourth-order valence-corrected chi connectivity index (χ4v) is 5.00. The van der Waals surface area contributed by atoms with Crippen molar-refractivity contribution in [3.63, 3.8) is 0 Å². The Kier molecular flexibility index (Phi) is 7.40. The molecular weight excluding hydrogens is 500 g/mol. The number of anilines is 1. The smallest absolute Gasteiger partial charge is 0.255 e. The Hall–Kier alpha value is -3.22. The Morgan fingerprint density at radius 1 is 0.943 bits per heavy atom. The van der Waals surface area contributed by atoms with Gasteiger partial charge in [0.15, 0.2) is 0 Å². The summed E-state index contributed by atoms with van der Waals surface area (Å²) in [4.78, 5) is 22.7. The Labute approximate surface area is 214 Å². The highest BCUT2D eigenvalue weighted by atomic mass is 79.9. The van der Waals surface area contributed by atoms with Crippen LogP contribution in [-0.2, 0) is 13.1 Å². The number of hydrogen-bond acceptors (Lipinski definition) is 4. The number of benzene rings is 3. The van der Waals surface area contributed by atoms with Crippen LogP contribution in [0.25, 0.3) is 10.9 Å². The van der Waals surface area contributed by atoms with Crippen LogP contribution < -0.4 is 5.32 Å². The standard InChI is InChI=1S/C29H29BrN4O/c30-26-11-12-28-25(18-26)21-34(29(35)24-17-23-9-4-5-10-27(23)32-19-24)16-15-33(14-6-13-31-28)20-22-7-2-1-3-8-22/h1-5,7-12,17-19,31H,6,13-16,20-21H2. The molecule has 0 radical (unpaired) electrons. The zero-order valence-corrected chi connectivity index (χ0v) is 21.2. The van der Waals surface area contributed by atoms with Gasteiger partial charge in [-0.3, -0.25) is 14.7 Å². The second-order valence-electron chi connectivity index (χ2n) is 8.99. The van der Waals surface area contributed by atoms with Crippen molar-refractivity contribution in [3.05, 3.63) is 106 Å². The number of nitrogens with one attached hydrogen (secondary N) is 1. The Morgan fingerprint density at radius 3 is 2.66 bits per heavy atom. The fourth-order valence-electron chi connectivity index (χ4n) is 4.59. The number of fused-ring (bicyclic) bond motifs is 2. The Morgan fingerprint density at radius 2 is 1.77 bits per heavy atom. The highest BCUT2D eigenvalue weighted by Gasteiger charge is 2.21. The van der Waals surface area contributed by atoms with Gasteiger partial charge in [0.2, 0.25) is 0 Å². The SMILES string of the molecule is O=C(c1cnc2ccccc2c1)N1CCN(Cc2ccccc2)CCCNc2ccc(Br)cc2C1. The lowest BCUT2D eigenvalue weighted by molar-refractivity contribution is 0.0720. The minimum absolute atomic E-state index is 0.00749. The van der Waals surface area contributed by atoms with E-state index < -0.39 is 0 Å². The van der Waals surface area contributed by atoms with Gasteiger partial charge < -0.3 is 10.2 Å². The van der Waals surface area contributed by atoms with E-state index in [4.69, 9.17) is 0 Å². The molecule has 0 aliphatic carbocycles. The average Bonchev–Trinajstić information content (AvgIpc) is 2.92. The van der Waals surface area contributed by atoms with Crippen molar-refractivity contribution < 1.29 is 4.79 Å². The van der Waals surface area contributed by atoms with Crippen molar-refractivity contribution in [2.45, 2.75) is 19.5 Å². The molecule has 1 aromatic heterocycles. The summed E-state index contributed by atoms with van der Waals surface area (Å²) in [6.07, 6.45) is 2.74. The molecule has 1 aliphatic heterocycles. The second kappa shape index (κ2) is 11.0. The van der Waals surface area contributed by atoms with Gasteiger partial charge in [-0.2, -0.15) is 0 Å². The highest BCUT2D eigenvalue weighted by molar-refractivity contribution is 9.10. The molecule has 178 valence electrons. The summed E-state index contributed by atoms with van der Waals surface area (Å²) < 4.78 is 1.01. The first-order valence-corrected chi connectivity index (χ1v) is 12.9. The van der Waals surface area contributed by atoms with Crippen molar-refractivity contribution in [2.24, 2.45) is 0 Å². The molecule has 0 atom stereocenters. The number of amides is 1. The number of hydrogen-bond donors (Lipinski definition) is 1. The van der Waals surface area contributed by atoms with E-state index in [1.54, 1.807) is 6.20 Å². The number of pyridine rings is 1. The number of rotatable bonds is 3. The number of carbonyl (C=O) groups excluding carboxylic acids is 1. The molecule has 0 spiro atoms. The zero-order chi connectivity index (χ0) is 24.0. The van der Waals surface area contributed by atoms with Gasteiger partial charge >= 0.3 is 0 Å². The van der Waals surface area contributed by atoms with Crippen LogP contribution in [0.15, 0.2) is 89.5 Å². The van der Waals surface area contributed by atoms with E-state index in [1.807, 2.05) is 47.4 Å². The summed E-state index contributed by atoms with van der Waals surface area (Å²) in [7, 11) is 0. The normalized spacial score (nSPS) is 15.2. The molecular formula is C29H29BrN4O. The maximum absolute atomic E-state index is 13.8. The highest BCUT2D eigenvalue weighted by Crippen LogP contribution is 2.24. The third-order valence-corrected chi connectivity index (χ3v) is 6.95.